The van der Waals surface area contributed by atoms with Crippen molar-refractivity contribution in [2.45, 2.75) is 26.2 Å². The molecule has 0 bridgehead atoms. The van der Waals surface area contributed by atoms with E-state index in [2.05, 4.69) is 0 Å². The molecule has 1 aromatic rings. The van der Waals surface area contributed by atoms with Crippen LogP contribution in [0.4, 0.5) is 8.78 Å². The van der Waals surface area contributed by atoms with Gasteiger partial charge in [0.05, 0.1) is 6.42 Å². The minimum absolute atomic E-state index is 0.135. The molecule has 0 aliphatic carbocycles. The van der Waals surface area contributed by atoms with Crippen LogP contribution in [0, 0.1) is 18.6 Å². The van der Waals surface area contributed by atoms with Crippen LogP contribution in [0.25, 0.3) is 0 Å². The molecular formula is C11H12F2O2. The number of halogens is 2. The van der Waals surface area contributed by atoms with E-state index in [-0.39, 0.29) is 6.42 Å². The van der Waals surface area contributed by atoms with Gasteiger partial charge in [-0.1, -0.05) is 6.92 Å². The summed E-state index contributed by atoms with van der Waals surface area (Å²) in [5, 5.41) is 8.59. The van der Waals surface area contributed by atoms with Crippen LogP contribution in [0.2, 0.25) is 0 Å². The number of hydrogen-bond donors (Lipinski definition) is 1. The Labute approximate surface area is 86.5 Å². The number of hydrogen-bond acceptors (Lipinski definition) is 1. The van der Waals surface area contributed by atoms with Crippen molar-refractivity contribution >= 4 is 5.97 Å². The molecule has 0 heterocycles. The lowest BCUT2D eigenvalue weighted by atomic mass is 9.93. The first-order valence-electron chi connectivity index (χ1n) is 4.59. The molecular weight excluding hydrogens is 202 g/mol. The van der Waals surface area contributed by atoms with Crippen molar-refractivity contribution in [1.82, 2.24) is 0 Å². The quantitative estimate of drug-likeness (QED) is 0.840. The maximum Gasteiger partial charge on any atom is 0.303 e. The molecule has 0 spiro atoms. The van der Waals surface area contributed by atoms with Gasteiger partial charge in [0.15, 0.2) is 0 Å². The molecule has 0 saturated carbocycles. The van der Waals surface area contributed by atoms with E-state index < -0.39 is 23.5 Å². The van der Waals surface area contributed by atoms with Crippen molar-refractivity contribution in [1.29, 1.82) is 0 Å². The Bertz CT molecular complexity index is 388. The minimum atomic E-state index is -0.980. The highest BCUT2D eigenvalue weighted by Gasteiger charge is 2.15. The topological polar surface area (TPSA) is 37.3 Å². The van der Waals surface area contributed by atoms with E-state index in [1.54, 1.807) is 6.92 Å². The van der Waals surface area contributed by atoms with Crippen LogP contribution in [-0.4, -0.2) is 11.1 Å². The van der Waals surface area contributed by atoms with Crippen LogP contribution in [0.5, 0.6) is 0 Å². The maximum absolute atomic E-state index is 13.2. The summed E-state index contributed by atoms with van der Waals surface area (Å²) in [6, 6.07) is 1.98. The van der Waals surface area contributed by atoms with Crippen LogP contribution >= 0.6 is 0 Å². The molecule has 4 heteroatoms. The number of carboxylic acid groups (broad SMARTS) is 1. The fourth-order valence-electron chi connectivity index (χ4n) is 1.55. The van der Waals surface area contributed by atoms with E-state index in [0.29, 0.717) is 11.1 Å². The van der Waals surface area contributed by atoms with E-state index in [9.17, 15) is 13.6 Å². The molecule has 0 radical (unpaired) electrons. The Kier molecular flexibility index (Phi) is 3.39. The lowest BCUT2D eigenvalue weighted by Crippen LogP contribution is -2.06. The van der Waals surface area contributed by atoms with Crippen molar-refractivity contribution < 1.29 is 18.7 Å². The Hall–Kier alpha value is -1.45. The Balaban J connectivity index is 3.07. The highest BCUT2D eigenvalue weighted by molar-refractivity contribution is 5.68. The molecule has 1 rings (SSSR count). The Morgan fingerprint density at radius 1 is 1.47 bits per heavy atom. The van der Waals surface area contributed by atoms with Gasteiger partial charge in [-0.3, -0.25) is 4.79 Å². The average Bonchev–Trinajstić information content (AvgIpc) is 2.09. The Morgan fingerprint density at radius 3 is 2.60 bits per heavy atom. The predicted octanol–water partition coefficient (Wildman–Crippen LogP) is 2.85. The first-order valence-corrected chi connectivity index (χ1v) is 4.59. The second kappa shape index (κ2) is 4.38. The molecule has 0 saturated heterocycles. The summed E-state index contributed by atoms with van der Waals surface area (Å²) in [5.74, 6) is -2.69. The number of benzene rings is 1. The minimum Gasteiger partial charge on any atom is -0.481 e. The van der Waals surface area contributed by atoms with Gasteiger partial charge in [0.25, 0.3) is 0 Å². The van der Waals surface area contributed by atoms with Crippen LogP contribution < -0.4 is 0 Å². The molecule has 0 aromatic heterocycles. The monoisotopic (exact) mass is 214 g/mol. The first kappa shape index (κ1) is 11.6. The highest BCUT2D eigenvalue weighted by Crippen LogP contribution is 2.25. The third-order valence-electron chi connectivity index (χ3n) is 2.36. The van der Waals surface area contributed by atoms with E-state index in [1.165, 1.54) is 13.0 Å². The molecule has 1 unspecified atom stereocenters. The molecule has 2 nitrogen and oxygen atoms in total. The van der Waals surface area contributed by atoms with E-state index in [1.807, 2.05) is 0 Å². The summed E-state index contributed by atoms with van der Waals surface area (Å²) in [5.41, 5.74) is 0.722. The van der Waals surface area contributed by atoms with Crippen molar-refractivity contribution in [3.63, 3.8) is 0 Å². The van der Waals surface area contributed by atoms with Gasteiger partial charge in [-0.25, -0.2) is 8.78 Å². The van der Waals surface area contributed by atoms with Crippen LogP contribution in [0.15, 0.2) is 12.1 Å². The summed E-state index contributed by atoms with van der Waals surface area (Å²) in [6.07, 6.45) is -0.135. The summed E-state index contributed by atoms with van der Waals surface area (Å²) >= 11 is 0. The molecule has 1 atom stereocenters. The summed E-state index contributed by atoms with van der Waals surface area (Å²) < 4.78 is 26.1. The van der Waals surface area contributed by atoms with Crippen LogP contribution in [0.3, 0.4) is 0 Å². The second-order valence-corrected chi connectivity index (χ2v) is 3.60. The maximum atomic E-state index is 13.2. The van der Waals surface area contributed by atoms with E-state index in [0.717, 1.165) is 6.07 Å². The van der Waals surface area contributed by atoms with Crippen molar-refractivity contribution in [3.05, 3.63) is 34.9 Å². The number of carbonyl (C=O) groups is 1. The van der Waals surface area contributed by atoms with Gasteiger partial charge in [-0.15, -0.1) is 0 Å². The molecule has 0 fully saturated rings. The zero-order valence-corrected chi connectivity index (χ0v) is 8.55. The molecule has 82 valence electrons. The summed E-state index contributed by atoms with van der Waals surface area (Å²) in [4.78, 5) is 10.5. The smallest absolute Gasteiger partial charge is 0.303 e. The average molecular weight is 214 g/mol. The van der Waals surface area contributed by atoms with Crippen molar-refractivity contribution in [2.75, 3.05) is 0 Å². The van der Waals surface area contributed by atoms with Gasteiger partial charge >= 0.3 is 5.97 Å². The van der Waals surface area contributed by atoms with Crippen LogP contribution in [0.1, 0.15) is 30.4 Å². The largest absolute Gasteiger partial charge is 0.481 e. The SMILES string of the molecule is Cc1c(F)cc(F)cc1C(C)CC(=O)O. The Morgan fingerprint density at radius 2 is 2.07 bits per heavy atom. The molecule has 15 heavy (non-hydrogen) atoms. The third-order valence-corrected chi connectivity index (χ3v) is 2.36. The van der Waals surface area contributed by atoms with Gasteiger partial charge in [0.1, 0.15) is 11.6 Å². The first-order chi connectivity index (χ1) is 6.91. The van der Waals surface area contributed by atoms with E-state index >= 15 is 0 Å². The summed E-state index contributed by atoms with van der Waals surface area (Å²) in [6.45, 7) is 3.15. The molecule has 1 N–H and O–H groups in total. The van der Waals surface area contributed by atoms with Gasteiger partial charge < -0.3 is 5.11 Å². The predicted molar refractivity (Wildman–Crippen MR) is 51.8 cm³/mol. The van der Waals surface area contributed by atoms with Gasteiger partial charge in [-0.05, 0) is 30.0 Å². The lowest BCUT2D eigenvalue weighted by Gasteiger charge is -2.13. The number of aliphatic carboxylic acids is 1. The number of rotatable bonds is 3. The molecule has 1 aromatic carbocycles. The van der Waals surface area contributed by atoms with Crippen molar-refractivity contribution in [3.8, 4) is 0 Å². The number of carboxylic acids is 1. The molecule has 0 aliphatic heterocycles. The normalized spacial score (nSPS) is 12.5. The molecule has 0 amide bonds. The highest BCUT2D eigenvalue weighted by atomic mass is 19.1. The standard InChI is InChI=1S/C11H12F2O2/c1-6(3-11(14)15)9-4-8(12)5-10(13)7(9)2/h4-6H,3H2,1-2H3,(H,14,15). The van der Waals surface area contributed by atoms with Crippen LogP contribution in [-0.2, 0) is 4.79 Å². The lowest BCUT2D eigenvalue weighted by molar-refractivity contribution is -0.137. The van der Waals surface area contributed by atoms with Gasteiger partial charge in [0, 0.05) is 6.07 Å². The third kappa shape index (κ3) is 2.75. The molecule has 0 aliphatic rings. The van der Waals surface area contributed by atoms with E-state index in [4.69, 9.17) is 5.11 Å². The van der Waals surface area contributed by atoms with Crippen molar-refractivity contribution in [2.24, 2.45) is 0 Å². The fraction of sp³-hybridized carbons (Fsp3) is 0.364. The van der Waals surface area contributed by atoms with Gasteiger partial charge in [-0.2, -0.15) is 0 Å². The zero-order valence-electron chi connectivity index (χ0n) is 8.55. The zero-order chi connectivity index (χ0) is 11.6. The van der Waals surface area contributed by atoms with Gasteiger partial charge in [0.2, 0.25) is 0 Å². The summed E-state index contributed by atoms with van der Waals surface area (Å²) in [7, 11) is 0. The second-order valence-electron chi connectivity index (χ2n) is 3.60. The fourth-order valence-corrected chi connectivity index (χ4v) is 1.55.